The number of aliphatic hydroxyl groups excluding tert-OH is 1. The van der Waals surface area contributed by atoms with Crippen LogP contribution >= 0.6 is 0 Å². The molecule has 4 unspecified atom stereocenters. The van der Waals surface area contributed by atoms with Gasteiger partial charge in [-0.1, -0.05) is 97.1 Å². The third-order valence-corrected chi connectivity index (χ3v) is 10.1. The number of para-hydroxylation sites is 2. The van der Waals surface area contributed by atoms with E-state index in [1.807, 2.05) is 60.7 Å². The standard InChI is InChI=1S/C44H50N4O5/c1-30(36-24-23-33-9-3-4-10-37(33)25-36)48(2)28-38-26-41(34-19-17-32(29-49)18-20-34)53-44(52-38)35-21-15-31(16-22-35)27-46-42(50)13-7-8-14-43(51)47-40-12-6-5-11-39(40)45/h3-6,9-12,15-25,30,38,41,44,49H,7-8,13-14,26-29,45H2,1-2H3,(H,46,50)(H,47,51). The lowest BCUT2D eigenvalue weighted by Crippen LogP contribution is -2.38. The topological polar surface area (TPSA) is 126 Å². The maximum atomic E-state index is 12.6. The zero-order valence-electron chi connectivity index (χ0n) is 30.5. The Labute approximate surface area is 312 Å². The molecule has 5 N–H and O–H groups in total. The first kappa shape index (κ1) is 37.7. The predicted molar refractivity (Wildman–Crippen MR) is 210 cm³/mol. The molecule has 0 aromatic heterocycles. The number of nitrogens with one attached hydrogen (secondary N) is 2. The predicted octanol–water partition coefficient (Wildman–Crippen LogP) is 7.97. The number of hydrogen-bond donors (Lipinski definition) is 4. The van der Waals surface area contributed by atoms with Crippen molar-refractivity contribution in [3.05, 3.63) is 143 Å². The Hall–Kier alpha value is -5.06. The fraction of sp³-hybridized carbons (Fsp3) is 0.318. The van der Waals surface area contributed by atoms with E-state index in [1.54, 1.807) is 12.1 Å². The van der Waals surface area contributed by atoms with Crippen molar-refractivity contribution in [2.75, 3.05) is 24.6 Å². The zero-order valence-corrected chi connectivity index (χ0v) is 30.5. The Morgan fingerprint density at radius 1 is 0.811 bits per heavy atom. The largest absolute Gasteiger partial charge is 0.397 e. The highest BCUT2D eigenvalue weighted by molar-refractivity contribution is 5.93. The lowest BCUT2D eigenvalue weighted by atomic mass is 9.98. The number of likely N-dealkylation sites (N-methyl/N-ethyl adjacent to an activating group) is 1. The number of unbranched alkanes of at least 4 members (excludes halogenated alkanes) is 1. The average Bonchev–Trinajstić information content (AvgIpc) is 3.19. The first-order chi connectivity index (χ1) is 25.7. The molecule has 1 saturated heterocycles. The van der Waals surface area contributed by atoms with Crippen molar-refractivity contribution in [3.63, 3.8) is 0 Å². The van der Waals surface area contributed by atoms with E-state index in [2.05, 4.69) is 72.0 Å². The fourth-order valence-electron chi connectivity index (χ4n) is 6.71. The summed E-state index contributed by atoms with van der Waals surface area (Å²) in [4.78, 5) is 27.2. The molecule has 9 nitrogen and oxygen atoms in total. The molecule has 6 rings (SSSR count). The maximum Gasteiger partial charge on any atom is 0.224 e. The van der Waals surface area contributed by atoms with Crippen LogP contribution in [0.1, 0.15) is 85.3 Å². The molecular formula is C44H50N4O5. The van der Waals surface area contributed by atoms with Crippen LogP contribution in [0.25, 0.3) is 10.8 Å². The minimum atomic E-state index is -0.570. The molecule has 4 atom stereocenters. The number of amides is 2. The number of aliphatic hydroxyl groups is 1. The minimum Gasteiger partial charge on any atom is -0.397 e. The average molecular weight is 715 g/mol. The van der Waals surface area contributed by atoms with Crippen molar-refractivity contribution < 1.29 is 24.2 Å². The summed E-state index contributed by atoms with van der Waals surface area (Å²) in [6.07, 6.45) is 1.74. The van der Waals surface area contributed by atoms with Crippen molar-refractivity contribution >= 4 is 34.0 Å². The van der Waals surface area contributed by atoms with Gasteiger partial charge in [0.05, 0.1) is 30.2 Å². The highest BCUT2D eigenvalue weighted by atomic mass is 16.7. The fourth-order valence-corrected chi connectivity index (χ4v) is 6.71. The number of hydrogen-bond acceptors (Lipinski definition) is 7. The smallest absolute Gasteiger partial charge is 0.224 e. The van der Waals surface area contributed by atoms with Gasteiger partial charge >= 0.3 is 0 Å². The van der Waals surface area contributed by atoms with Crippen LogP contribution in [-0.4, -0.2) is 41.5 Å². The molecule has 0 saturated carbocycles. The Kier molecular flexibility index (Phi) is 12.9. The number of nitrogen functional groups attached to an aromatic ring is 1. The minimum absolute atomic E-state index is 0.00536. The molecule has 276 valence electrons. The van der Waals surface area contributed by atoms with E-state index in [1.165, 1.54) is 16.3 Å². The maximum absolute atomic E-state index is 12.6. The number of nitrogens with zero attached hydrogens (tertiary/aromatic N) is 1. The molecule has 2 amide bonds. The second kappa shape index (κ2) is 18.1. The summed E-state index contributed by atoms with van der Waals surface area (Å²) in [5.74, 6) is -0.171. The lowest BCUT2D eigenvalue weighted by molar-refractivity contribution is -0.253. The summed E-state index contributed by atoms with van der Waals surface area (Å²) < 4.78 is 13.2. The monoisotopic (exact) mass is 714 g/mol. The Balaban J connectivity index is 1.03. The molecule has 9 heteroatoms. The summed E-state index contributed by atoms with van der Waals surface area (Å²) >= 11 is 0. The molecule has 5 aromatic carbocycles. The van der Waals surface area contributed by atoms with Crippen LogP contribution in [-0.2, 0) is 32.2 Å². The molecule has 5 aromatic rings. The van der Waals surface area contributed by atoms with Gasteiger partial charge in [-0.3, -0.25) is 14.5 Å². The summed E-state index contributed by atoms with van der Waals surface area (Å²) in [5, 5.41) is 17.9. The van der Waals surface area contributed by atoms with Gasteiger partial charge in [0.15, 0.2) is 6.29 Å². The van der Waals surface area contributed by atoms with E-state index >= 15 is 0 Å². The van der Waals surface area contributed by atoms with Gasteiger partial charge in [0.25, 0.3) is 0 Å². The van der Waals surface area contributed by atoms with Crippen LogP contribution in [0.15, 0.2) is 115 Å². The van der Waals surface area contributed by atoms with E-state index in [0.717, 1.165) is 28.8 Å². The van der Waals surface area contributed by atoms with E-state index in [4.69, 9.17) is 15.2 Å². The van der Waals surface area contributed by atoms with Crippen molar-refractivity contribution in [2.24, 2.45) is 0 Å². The third kappa shape index (κ3) is 10.3. The van der Waals surface area contributed by atoms with Crippen LogP contribution in [0.3, 0.4) is 0 Å². The van der Waals surface area contributed by atoms with Crippen LogP contribution in [0, 0.1) is 0 Å². The highest BCUT2D eigenvalue weighted by Crippen LogP contribution is 2.39. The normalized spacial score (nSPS) is 17.8. The Morgan fingerprint density at radius 2 is 1.47 bits per heavy atom. The third-order valence-electron chi connectivity index (χ3n) is 10.1. The molecule has 53 heavy (non-hydrogen) atoms. The number of rotatable bonds is 15. The second-order valence-corrected chi connectivity index (χ2v) is 13.9. The molecule has 0 spiro atoms. The summed E-state index contributed by atoms with van der Waals surface area (Å²) in [6.45, 7) is 3.34. The van der Waals surface area contributed by atoms with E-state index < -0.39 is 6.29 Å². The van der Waals surface area contributed by atoms with Gasteiger partial charge < -0.3 is 30.9 Å². The molecule has 1 aliphatic heterocycles. The van der Waals surface area contributed by atoms with E-state index in [0.29, 0.717) is 50.0 Å². The molecule has 1 aliphatic rings. The highest BCUT2D eigenvalue weighted by Gasteiger charge is 2.33. The van der Waals surface area contributed by atoms with E-state index in [-0.39, 0.29) is 36.7 Å². The summed E-state index contributed by atoms with van der Waals surface area (Å²) in [5.41, 5.74) is 12.1. The number of nitrogens with two attached hydrogens (primary N) is 1. The quantitative estimate of drug-likeness (QED) is 0.0640. The Morgan fingerprint density at radius 3 is 2.21 bits per heavy atom. The van der Waals surface area contributed by atoms with Crippen LogP contribution in [0.2, 0.25) is 0 Å². The molecule has 1 fully saturated rings. The van der Waals surface area contributed by atoms with Gasteiger partial charge in [0, 0.05) is 44.0 Å². The number of benzene rings is 5. The first-order valence-electron chi connectivity index (χ1n) is 18.4. The first-order valence-corrected chi connectivity index (χ1v) is 18.4. The van der Waals surface area contributed by atoms with Gasteiger partial charge in [-0.2, -0.15) is 0 Å². The van der Waals surface area contributed by atoms with Gasteiger partial charge in [-0.25, -0.2) is 0 Å². The number of ether oxygens (including phenoxy) is 2. The number of fused-ring (bicyclic) bond motifs is 1. The summed E-state index contributed by atoms with van der Waals surface area (Å²) in [7, 11) is 2.14. The van der Waals surface area contributed by atoms with Crippen LogP contribution in [0.4, 0.5) is 11.4 Å². The molecule has 0 aliphatic carbocycles. The Bertz CT molecular complexity index is 1970. The number of anilines is 2. The number of carbonyl (C=O) groups is 2. The second-order valence-electron chi connectivity index (χ2n) is 13.9. The van der Waals surface area contributed by atoms with Crippen molar-refractivity contribution in [1.82, 2.24) is 10.2 Å². The van der Waals surface area contributed by atoms with Gasteiger partial charge in [0.1, 0.15) is 0 Å². The molecule has 1 heterocycles. The number of carbonyl (C=O) groups excluding carboxylic acids is 2. The SMILES string of the molecule is CC(c1ccc2ccccc2c1)N(C)CC1CC(c2ccc(CO)cc2)OC(c2ccc(CNC(=O)CCCCC(=O)Nc3ccccc3N)cc2)O1. The van der Waals surface area contributed by atoms with Crippen molar-refractivity contribution in [3.8, 4) is 0 Å². The van der Waals surface area contributed by atoms with Crippen LogP contribution in [0.5, 0.6) is 0 Å². The van der Waals surface area contributed by atoms with Crippen molar-refractivity contribution in [2.45, 2.75) is 76.7 Å². The van der Waals surface area contributed by atoms with Crippen LogP contribution < -0.4 is 16.4 Å². The van der Waals surface area contributed by atoms with E-state index in [9.17, 15) is 14.7 Å². The van der Waals surface area contributed by atoms with Gasteiger partial charge in [-0.05, 0) is 78.0 Å². The van der Waals surface area contributed by atoms with Crippen molar-refractivity contribution in [1.29, 1.82) is 0 Å². The van der Waals surface area contributed by atoms with Gasteiger partial charge in [0.2, 0.25) is 11.8 Å². The van der Waals surface area contributed by atoms with Gasteiger partial charge in [-0.15, -0.1) is 0 Å². The molecule has 0 radical (unpaired) electrons. The molecular weight excluding hydrogens is 665 g/mol. The zero-order chi connectivity index (χ0) is 37.2. The molecule has 0 bridgehead atoms. The summed E-state index contributed by atoms with van der Waals surface area (Å²) in [6, 6.07) is 38.3. The lowest BCUT2D eigenvalue weighted by Gasteiger charge is -2.39.